The molecule has 1 heterocycles. The highest BCUT2D eigenvalue weighted by Crippen LogP contribution is 2.29. The van der Waals surface area contributed by atoms with E-state index in [4.69, 9.17) is 5.73 Å². The molecule has 0 unspecified atom stereocenters. The van der Waals surface area contributed by atoms with Crippen molar-refractivity contribution in [2.75, 3.05) is 11.1 Å². The van der Waals surface area contributed by atoms with Crippen molar-refractivity contribution in [3.8, 4) is 0 Å². The number of nitrogen functional groups attached to an aromatic ring is 1. The number of nitrogens with zero attached hydrogens (tertiary/aromatic N) is 1. The monoisotopic (exact) mass is 311 g/mol. The van der Waals surface area contributed by atoms with Crippen LogP contribution in [0, 0.1) is 0 Å². The molecule has 1 amide bonds. The predicted molar refractivity (Wildman–Crippen MR) is 79.4 cm³/mol. The van der Waals surface area contributed by atoms with Gasteiger partial charge in [0.2, 0.25) is 0 Å². The SMILES string of the molecule is CC.Nc1ccc(NC(=O)c2ccc(C(F)(F)F)cc2)nc1. The predicted octanol–water partition coefficient (Wildman–Crippen LogP) is 3.96. The molecular formula is C15H16F3N3O. The number of pyridine rings is 1. The highest BCUT2D eigenvalue weighted by molar-refractivity contribution is 6.03. The largest absolute Gasteiger partial charge is 0.416 e. The highest BCUT2D eigenvalue weighted by atomic mass is 19.4. The average molecular weight is 311 g/mol. The zero-order valence-corrected chi connectivity index (χ0v) is 12.1. The van der Waals surface area contributed by atoms with Crippen LogP contribution in [0.5, 0.6) is 0 Å². The van der Waals surface area contributed by atoms with Crippen LogP contribution in [-0.4, -0.2) is 10.9 Å². The Morgan fingerprint density at radius 3 is 2.14 bits per heavy atom. The summed E-state index contributed by atoms with van der Waals surface area (Å²) in [6.45, 7) is 4.00. The minimum atomic E-state index is -4.42. The van der Waals surface area contributed by atoms with Crippen molar-refractivity contribution in [1.29, 1.82) is 0 Å². The number of carbonyl (C=O) groups excluding carboxylic acids is 1. The van der Waals surface area contributed by atoms with Crippen molar-refractivity contribution >= 4 is 17.4 Å². The van der Waals surface area contributed by atoms with Gasteiger partial charge in [0.15, 0.2) is 0 Å². The molecule has 0 aliphatic rings. The van der Waals surface area contributed by atoms with E-state index < -0.39 is 17.6 Å². The molecule has 0 saturated carbocycles. The van der Waals surface area contributed by atoms with Gasteiger partial charge < -0.3 is 11.1 Å². The third-order valence-electron chi connectivity index (χ3n) is 2.50. The van der Waals surface area contributed by atoms with Gasteiger partial charge in [0.25, 0.3) is 5.91 Å². The number of rotatable bonds is 2. The van der Waals surface area contributed by atoms with E-state index in [1.807, 2.05) is 13.8 Å². The summed E-state index contributed by atoms with van der Waals surface area (Å²) in [6.07, 6.45) is -3.06. The Bertz CT molecular complexity index is 607. The Hall–Kier alpha value is -2.57. The van der Waals surface area contributed by atoms with Gasteiger partial charge >= 0.3 is 6.18 Å². The molecule has 0 atom stereocenters. The third-order valence-corrected chi connectivity index (χ3v) is 2.50. The van der Waals surface area contributed by atoms with Gasteiger partial charge in [-0.3, -0.25) is 4.79 Å². The second-order valence-corrected chi connectivity index (χ2v) is 4.01. The van der Waals surface area contributed by atoms with E-state index in [-0.39, 0.29) is 11.4 Å². The lowest BCUT2D eigenvalue weighted by molar-refractivity contribution is -0.137. The standard InChI is InChI=1S/C13H10F3N3O.C2H6/c14-13(15,16)9-3-1-8(2-4-9)12(20)19-11-6-5-10(17)7-18-11;1-2/h1-7H,17H2,(H,18,19,20);1-2H3. The molecule has 0 radical (unpaired) electrons. The molecule has 0 bridgehead atoms. The number of halogens is 3. The van der Waals surface area contributed by atoms with E-state index in [0.29, 0.717) is 5.69 Å². The lowest BCUT2D eigenvalue weighted by Gasteiger charge is -2.08. The van der Waals surface area contributed by atoms with Gasteiger partial charge in [-0.05, 0) is 36.4 Å². The topological polar surface area (TPSA) is 68.0 Å². The first-order valence-electron chi connectivity index (χ1n) is 6.56. The molecule has 0 saturated heterocycles. The summed E-state index contributed by atoms with van der Waals surface area (Å²) in [5.41, 5.74) is 5.19. The molecule has 22 heavy (non-hydrogen) atoms. The van der Waals surface area contributed by atoms with E-state index in [0.717, 1.165) is 24.3 Å². The lowest BCUT2D eigenvalue weighted by atomic mass is 10.1. The number of anilines is 2. The fraction of sp³-hybridized carbons (Fsp3) is 0.200. The molecule has 1 aromatic heterocycles. The smallest absolute Gasteiger partial charge is 0.397 e. The number of alkyl halides is 3. The van der Waals surface area contributed by atoms with Crippen LogP contribution in [-0.2, 0) is 6.18 Å². The van der Waals surface area contributed by atoms with Crippen molar-refractivity contribution in [3.05, 3.63) is 53.7 Å². The van der Waals surface area contributed by atoms with Gasteiger partial charge in [-0.15, -0.1) is 0 Å². The van der Waals surface area contributed by atoms with Crippen molar-refractivity contribution in [2.45, 2.75) is 20.0 Å². The molecule has 0 aliphatic heterocycles. The molecule has 3 N–H and O–H groups in total. The molecule has 0 fully saturated rings. The van der Waals surface area contributed by atoms with Gasteiger partial charge in [0.05, 0.1) is 17.4 Å². The molecule has 2 aromatic rings. The normalized spacial score (nSPS) is 10.4. The molecule has 4 nitrogen and oxygen atoms in total. The van der Waals surface area contributed by atoms with Crippen molar-refractivity contribution in [1.82, 2.24) is 4.98 Å². The van der Waals surface area contributed by atoms with Gasteiger partial charge in [-0.25, -0.2) is 4.98 Å². The number of hydrogen-bond donors (Lipinski definition) is 2. The van der Waals surface area contributed by atoms with Crippen LogP contribution in [0.15, 0.2) is 42.6 Å². The maximum Gasteiger partial charge on any atom is 0.416 e. The van der Waals surface area contributed by atoms with Crippen molar-refractivity contribution < 1.29 is 18.0 Å². The van der Waals surface area contributed by atoms with Crippen LogP contribution < -0.4 is 11.1 Å². The van der Waals surface area contributed by atoms with Gasteiger partial charge in [-0.1, -0.05) is 13.8 Å². The fourth-order valence-electron chi connectivity index (χ4n) is 1.48. The second kappa shape index (κ2) is 7.44. The Balaban J connectivity index is 0.00000116. The summed E-state index contributed by atoms with van der Waals surface area (Å²) in [5.74, 6) is -0.278. The first-order valence-corrected chi connectivity index (χ1v) is 6.56. The van der Waals surface area contributed by atoms with Crippen LogP contribution >= 0.6 is 0 Å². The quantitative estimate of drug-likeness (QED) is 0.882. The summed E-state index contributed by atoms with van der Waals surface area (Å²) >= 11 is 0. The summed E-state index contributed by atoms with van der Waals surface area (Å²) < 4.78 is 37.1. The minimum absolute atomic E-state index is 0.108. The van der Waals surface area contributed by atoms with Crippen LogP contribution in [0.1, 0.15) is 29.8 Å². The van der Waals surface area contributed by atoms with E-state index >= 15 is 0 Å². The molecule has 0 aliphatic carbocycles. The van der Waals surface area contributed by atoms with Gasteiger partial charge in [-0.2, -0.15) is 13.2 Å². The second-order valence-electron chi connectivity index (χ2n) is 4.01. The van der Waals surface area contributed by atoms with Crippen LogP contribution in [0.3, 0.4) is 0 Å². The molecular weight excluding hydrogens is 295 g/mol. The number of benzene rings is 1. The molecule has 2 rings (SSSR count). The Kier molecular flexibility index (Phi) is 5.91. The summed E-state index contributed by atoms with van der Waals surface area (Å²) in [5, 5.41) is 2.46. The fourth-order valence-corrected chi connectivity index (χ4v) is 1.48. The highest BCUT2D eigenvalue weighted by Gasteiger charge is 2.30. The summed E-state index contributed by atoms with van der Waals surface area (Å²) in [4.78, 5) is 15.7. The van der Waals surface area contributed by atoms with E-state index in [1.165, 1.54) is 12.3 Å². The maximum absolute atomic E-state index is 12.4. The number of carbonyl (C=O) groups is 1. The van der Waals surface area contributed by atoms with E-state index in [2.05, 4.69) is 10.3 Å². The Morgan fingerprint density at radius 1 is 1.09 bits per heavy atom. The first-order chi connectivity index (χ1) is 10.4. The zero-order chi connectivity index (χ0) is 16.8. The zero-order valence-electron chi connectivity index (χ0n) is 12.1. The van der Waals surface area contributed by atoms with Gasteiger partial charge in [0.1, 0.15) is 5.82 Å². The van der Waals surface area contributed by atoms with E-state index in [9.17, 15) is 18.0 Å². The minimum Gasteiger partial charge on any atom is -0.397 e. The van der Waals surface area contributed by atoms with Crippen LogP contribution in [0.25, 0.3) is 0 Å². The summed E-state index contributed by atoms with van der Waals surface area (Å²) in [7, 11) is 0. The third kappa shape index (κ3) is 4.76. The molecule has 1 aromatic carbocycles. The van der Waals surface area contributed by atoms with Crippen LogP contribution in [0.4, 0.5) is 24.7 Å². The molecule has 0 spiro atoms. The Labute approximate surface area is 126 Å². The molecule has 7 heteroatoms. The maximum atomic E-state index is 12.4. The average Bonchev–Trinajstić information content (AvgIpc) is 2.51. The number of aromatic nitrogens is 1. The number of nitrogens with two attached hydrogens (primary N) is 1. The number of nitrogens with one attached hydrogen (secondary N) is 1. The van der Waals surface area contributed by atoms with Crippen molar-refractivity contribution in [3.63, 3.8) is 0 Å². The van der Waals surface area contributed by atoms with Crippen LogP contribution in [0.2, 0.25) is 0 Å². The summed E-state index contributed by atoms with van der Waals surface area (Å²) in [6, 6.07) is 6.97. The Morgan fingerprint density at radius 2 is 1.68 bits per heavy atom. The number of hydrogen-bond acceptors (Lipinski definition) is 3. The number of amides is 1. The first kappa shape index (κ1) is 17.5. The molecule has 118 valence electrons. The lowest BCUT2D eigenvalue weighted by Crippen LogP contribution is -2.13. The van der Waals surface area contributed by atoms with Gasteiger partial charge in [0, 0.05) is 5.56 Å². The van der Waals surface area contributed by atoms with Crippen molar-refractivity contribution in [2.24, 2.45) is 0 Å². The van der Waals surface area contributed by atoms with E-state index in [1.54, 1.807) is 6.07 Å².